The average Bonchev–Trinajstić information content (AvgIpc) is 3.15. The number of ether oxygens (including phenoxy) is 2. The molecule has 2 aliphatic rings. The van der Waals surface area contributed by atoms with Crippen molar-refractivity contribution in [2.45, 2.75) is 126 Å². The Bertz CT molecular complexity index is 1850. The van der Waals surface area contributed by atoms with Gasteiger partial charge >= 0.3 is 12.1 Å². The molecule has 2 atom stereocenters. The van der Waals surface area contributed by atoms with Gasteiger partial charge in [0, 0.05) is 25.8 Å². The van der Waals surface area contributed by atoms with E-state index in [9.17, 15) is 19.2 Å². The van der Waals surface area contributed by atoms with Crippen LogP contribution in [-0.2, 0) is 23.9 Å². The van der Waals surface area contributed by atoms with E-state index in [0.717, 1.165) is 52.7 Å². The number of nitrogens with two attached hydrogens (primary N) is 2. The first-order valence-corrected chi connectivity index (χ1v) is 21.0. The fourth-order valence-electron chi connectivity index (χ4n) is 7.02. The van der Waals surface area contributed by atoms with Crippen molar-refractivity contribution in [3.05, 3.63) is 130 Å². The Morgan fingerprint density at radius 1 is 0.627 bits per heavy atom. The summed E-state index contributed by atoms with van der Waals surface area (Å²) in [6.45, 7) is 21.6. The normalized spacial score (nSPS) is 21.0. The molecule has 0 radical (unpaired) electrons. The number of carbonyl (C=O) groups is 4. The first-order chi connectivity index (χ1) is 27.8. The van der Waals surface area contributed by atoms with E-state index >= 15 is 0 Å². The zero-order valence-electron chi connectivity index (χ0n) is 37.4. The Labute approximate surface area is 354 Å². The minimum atomic E-state index is -0.803. The monoisotopic (exact) mass is 810 g/mol. The number of amides is 1. The van der Waals surface area contributed by atoms with Crippen LogP contribution in [0.15, 0.2) is 130 Å². The van der Waals surface area contributed by atoms with E-state index in [1.54, 1.807) is 6.92 Å². The molecule has 322 valence electrons. The van der Waals surface area contributed by atoms with Crippen molar-refractivity contribution in [1.29, 1.82) is 0 Å². The molecule has 59 heavy (non-hydrogen) atoms. The Kier molecular flexibility index (Phi) is 21.2. The number of allylic oxidation sites excluding steroid dienone is 20. The maximum Gasteiger partial charge on any atom is 0.407 e. The van der Waals surface area contributed by atoms with Crippen LogP contribution < -0.4 is 16.8 Å². The lowest BCUT2D eigenvalue weighted by Crippen LogP contribution is -2.41. The first kappa shape index (κ1) is 50.3. The number of hydrogen-bond acceptors (Lipinski definition) is 8. The molecule has 9 nitrogen and oxygen atoms in total. The summed E-state index contributed by atoms with van der Waals surface area (Å²) in [5.74, 6) is -0.629. The number of Topliss-reactive ketones (excluding diaryl/α,β-unsaturated/α-hetero) is 2. The van der Waals surface area contributed by atoms with Crippen LogP contribution >= 0.6 is 0 Å². The quantitative estimate of drug-likeness (QED) is 0.0625. The molecule has 0 saturated heterocycles. The highest BCUT2D eigenvalue weighted by molar-refractivity contribution is 6.02. The lowest BCUT2D eigenvalue weighted by Gasteiger charge is -2.36. The van der Waals surface area contributed by atoms with E-state index in [4.69, 9.17) is 20.9 Å². The molecule has 0 aromatic rings. The zero-order valence-corrected chi connectivity index (χ0v) is 37.4. The number of alkyl carbamates (subject to hydrolysis) is 1. The second kappa shape index (κ2) is 24.9. The number of rotatable bonds is 20. The topological polar surface area (TPSA) is 151 Å². The summed E-state index contributed by atoms with van der Waals surface area (Å²) in [7, 11) is 0. The zero-order chi connectivity index (χ0) is 44.2. The maximum atomic E-state index is 13.1. The Morgan fingerprint density at radius 2 is 1.03 bits per heavy atom. The van der Waals surface area contributed by atoms with Crippen LogP contribution in [0.5, 0.6) is 0 Å². The average molecular weight is 810 g/mol. The lowest BCUT2D eigenvalue weighted by molar-refractivity contribution is -0.156. The molecule has 2 unspecified atom stereocenters. The second-order valence-corrected chi connectivity index (χ2v) is 16.9. The van der Waals surface area contributed by atoms with E-state index in [-0.39, 0.29) is 34.8 Å². The highest BCUT2D eigenvalue weighted by Gasteiger charge is 2.41. The minimum Gasteiger partial charge on any atom is -0.454 e. The SMILES string of the molecule is CC(C=CC=C(C)C=CC1=C(C)C(=O)C(OC(=O)CCCCN)CC1(C)C)=CC=CC=C(C)C=CC=C(C)C=CC1=C(C)C(=O)C(OC(=O)NCCCCN)CC1(C)C. The molecule has 5 N–H and O–H groups in total. The third-order valence-corrected chi connectivity index (χ3v) is 10.5. The molecule has 2 aliphatic carbocycles. The van der Waals surface area contributed by atoms with Gasteiger partial charge in [0.1, 0.15) is 0 Å². The van der Waals surface area contributed by atoms with Gasteiger partial charge in [-0.25, -0.2) is 4.79 Å². The summed E-state index contributed by atoms with van der Waals surface area (Å²) in [5, 5.41) is 2.71. The third-order valence-electron chi connectivity index (χ3n) is 10.5. The van der Waals surface area contributed by atoms with Crippen LogP contribution in [0.3, 0.4) is 0 Å². The summed E-state index contributed by atoms with van der Waals surface area (Å²) < 4.78 is 11.1. The van der Waals surface area contributed by atoms with Crippen LogP contribution in [0, 0.1) is 10.8 Å². The number of ketones is 2. The summed E-state index contributed by atoms with van der Waals surface area (Å²) in [6.07, 6.45) is 30.3. The van der Waals surface area contributed by atoms with Crippen LogP contribution in [0.1, 0.15) is 114 Å². The van der Waals surface area contributed by atoms with Gasteiger partial charge < -0.3 is 26.3 Å². The molecular formula is C50H71N3O6. The van der Waals surface area contributed by atoms with Crippen LogP contribution in [-0.4, -0.2) is 55.5 Å². The highest BCUT2D eigenvalue weighted by atomic mass is 16.6. The van der Waals surface area contributed by atoms with E-state index in [2.05, 4.69) is 33.0 Å². The Hall–Kier alpha value is -4.86. The van der Waals surface area contributed by atoms with Crippen molar-refractivity contribution in [3.63, 3.8) is 0 Å². The Balaban J connectivity index is 1.95. The van der Waals surface area contributed by atoms with E-state index in [1.807, 2.05) is 120 Å². The predicted octanol–water partition coefficient (Wildman–Crippen LogP) is 10.1. The third kappa shape index (κ3) is 17.5. The Morgan fingerprint density at radius 3 is 1.49 bits per heavy atom. The lowest BCUT2D eigenvalue weighted by atomic mass is 9.71. The molecule has 0 spiro atoms. The van der Waals surface area contributed by atoms with E-state index < -0.39 is 18.3 Å². The van der Waals surface area contributed by atoms with Gasteiger partial charge in [0.05, 0.1) is 0 Å². The number of unbranched alkanes of at least 4 members (excludes halogenated alkanes) is 2. The molecular weight excluding hydrogens is 739 g/mol. The summed E-state index contributed by atoms with van der Waals surface area (Å²) in [6, 6.07) is 0. The summed E-state index contributed by atoms with van der Waals surface area (Å²) in [4.78, 5) is 50.7. The number of carbonyl (C=O) groups excluding carboxylic acids is 4. The maximum absolute atomic E-state index is 13.1. The van der Waals surface area contributed by atoms with Crippen molar-refractivity contribution in [2.75, 3.05) is 19.6 Å². The standard InChI is InChI=1S/C50H71N3O6/c1-35(21-17-23-37(3)26-28-41-39(5)46(55)43(33-49(41,7)8)58-45(54)25-13-14-30-51)19-11-12-20-36(2)22-18-24-38(4)27-29-42-40(6)47(56)44(34-50(42,9)10)59-48(57)53-32-16-15-31-52/h11-12,17-24,26-29,43-44H,13-16,25,30-34,51-52H2,1-10H3,(H,53,57). The van der Waals surface area contributed by atoms with E-state index in [1.165, 1.54) is 0 Å². The number of esters is 1. The van der Waals surface area contributed by atoms with Gasteiger partial charge in [-0.05, 0) is 113 Å². The molecule has 0 saturated carbocycles. The fraction of sp³-hybridized carbons (Fsp3) is 0.480. The molecule has 0 fully saturated rings. The molecule has 0 aromatic carbocycles. The van der Waals surface area contributed by atoms with Crippen LogP contribution in [0.4, 0.5) is 4.79 Å². The molecule has 0 aliphatic heterocycles. The van der Waals surface area contributed by atoms with Gasteiger partial charge in [0.25, 0.3) is 0 Å². The fourth-order valence-corrected chi connectivity index (χ4v) is 7.02. The first-order valence-electron chi connectivity index (χ1n) is 21.0. The molecule has 9 heteroatoms. The van der Waals surface area contributed by atoms with Gasteiger partial charge in [-0.1, -0.05) is 135 Å². The smallest absolute Gasteiger partial charge is 0.407 e. The van der Waals surface area contributed by atoms with Crippen molar-refractivity contribution in [2.24, 2.45) is 22.3 Å². The molecule has 0 bridgehead atoms. The van der Waals surface area contributed by atoms with Crippen molar-refractivity contribution < 1.29 is 28.7 Å². The summed E-state index contributed by atoms with van der Waals surface area (Å²) >= 11 is 0. The molecule has 1 amide bonds. The summed E-state index contributed by atoms with van der Waals surface area (Å²) in [5.41, 5.74) is 17.8. The van der Waals surface area contributed by atoms with Gasteiger partial charge in [0.15, 0.2) is 23.8 Å². The largest absolute Gasteiger partial charge is 0.454 e. The van der Waals surface area contributed by atoms with Crippen molar-refractivity contribution >= 4 is 23.6 Å². The molecule has 2 rings (SSSR count). The number of nitrogens with one attached hydrogen (secondary N) is 1. The van der Waals surface area contributed by atoms with Crippen LogP contribution in [0.2, 0.25) is 0 Å². The highest BCUT2D eigenvalue weighted by Crippen LogP contribution is 2.42. The number of hydrogen-bond donors (Lipinski definition) is 3. The van der Waals surface area contributed by atoms with E-state index in [0.29, 0.717) is 50.0 Å². The van der Waals surface area contributed by atoms with Gasteiger partial charge in [-0.15, -0.1) is 0 Å². The second-order valence-electron chi connectivity index (χ2n) is 16.9. The molecule has 0 heterocycles. The van der Waals surface area contributed by atoms with Crippen molar-refractivity contribution in [1.82, 2.24) is 5.32 Å². The van der Waals surface area contributed by atoms with Gasteiger partial charge in [-0.2, -0.15) is 0 Å². The molecule has 0 aromatic heterocycles. The minimum absolute atomic E-state index is 0.127. The van der Waals surface area contributed by atoms with Gasteiger partial charge in [0.2, 0.25) is 0 Å². The predicted molar refractivity (Wildman–Crippen MR) is 242 cm³/mol. The van der Waals surface area contributed by atoms with Crippen LogP contribution in [0.25, 0.3) is 0 Å². The van der Waals surface area contributed by atoms with Crippen molar-refractivity contribution in [3.8, 4) is 0 Å². The van der Waals surface area contributed by atoms with Gasteiger partial charge in [-0.3, -0.25) is 14.4 Å².